The quantitative estimate of drug-likeness (QED) is 0.402. The molecule has 0 atom stereocenters. The Morgan fingerprint density at radius 3 is 1.46 bits per heavy atom. The molecule has 4 aromatic rings. The molecule has 28 heavy (non-hydrogen) atoms. The van der Waals surface area contributed by atoms with Crippen molar-refractivity contribution in [3.8, 4) is 33.9 Å². The molecule has 0 saturated carbocycles. The van der Waals surface area contributed by atoms with Gasteiger partial charge in [0, 0.05) is 16.7 Å². The Morgan fingerprint density at radius 1 is 0.607 bits per heavy atom. The van der Waals surface area contributed by atoms with E-state index in [4.69, 9.17) is 9.97 Å². The molecule has 0 amide bonds. The molecule has 0 fully saturated rings. The summed E-state index contributed by atoms with van der Waals surface area (Å²) in [4.78, 5) is 9.73. The number of nitrogens with zero attached hydrogens (tertiary/aromatic N) is 2. The van der Waals surface area contributed by atoms with Crippen molar-refractivity contribution in [3.63, 3.8) is 0 Å². The summed E-state index contributed by atoms with van der Waals surface area (Å²) in [6.07, 6.45) is 1.84. The van der Waals surface area contributed by atoms with Crippen molar-refractivity contribution in [3.05, 3.63) is 102 Å². The van der Waals surface area contributed by atoms with Crippen LogP contribution in [-0.2, 0) is 0 Å². The monoisotopic (exact) mass is 362 g/mol. The van der Waals surface area contributed by atoms with Gasteiger partial charge in [-0.05, 0) is 25.5 Å². The van der Waals surface area contributed by atoms with Crippen molar-refractivity contribution in [1.82, 2.24) is 9.97 Å². The van der Waals surface area contributed by atoms with Crippen LogP contribution < -0.4 is 0 Å². The molecular formula is C26H22N2. The van der Waals surface area contributed by atoms with Crippen LogP contribution in [0.3, 0.4) is 0 Å². The van der Waals surface area contributed by atoms with Gasteiger partial charge in [-0.25, -0.2) is 9.97 Å². The maximum absolute atomic E-state index is 4.87. The lowest BCUT2D eigenvalue weighted by atomic mass is 10.0. The average Bonchev–Trinajstić information content (AvgIpc) is 2.74. The van der Waals surface area contributed by atoms with Gasteiger partial charge in [0.2, 0.25) is 0 Å². The van der Waals surface area contributed by atoms with E-state index in [2.05, 4.69) is 75.0 Å². The van der Waals surface area contributed by atoms with Crippen LogP contribution in [0.1, 0.15) is 16.7 Å². The first-order chi connectivity index (χ1) is 13.6. The predicted octanol–water partition coefficient (Wildman–Crippen LogP) is 6.74. The molecule has 1 heterocycles. The third-order valence-corrected chi connectivity index (χ3v) is 4.83. The number of benzene rings is 3. The first-order valence-electron chi connectivity index (χ1n) is 9.38. The fraction of sp³-hybridized carbons (Fsp3) is 0.0769. The zero-order valence-corrected chi connectivity index (χ0v) is 16.2. The van der Waals surface area contributed by atoms with E-state index in [9.17, 15) is 0 Å². The minimum atomic E-state index is 0.726. The molecule has 4 rings (SSSR count). The van der Waals surface area contributed by atoms with Gasteiger partial charge in [0.15, 0.2) is 5.82 Å². The number of hydrogen-bond acceptors (Lipinski definition) is 2. The van der Waals surface area contributed by atoms with E-state index < -0.39 is 0 Å². The zero-order valence-electron chi connectivity index (χ0n) is 16.2. The molecule has 2 nitrogen and oxygen atoms in total. The summed E-state index contributed by atoms with van der Waals surface area (Å²) >= 11 is 0. The highest BCUT2D eigenvalue weighted by molar-refractivity contribution is 5.72. The molecule has 1 aromatic heterocycles. The number of rotatable bonds is 4. The molecule has 0 N–H and O–H groups in total. The third-order valence-electron chi connectivity index (χ3n) is 4.83. The van der Waals surface area contributed by atoms with Crippen LogP contribution in [0.5, 0.6) is 0 Å². The number of aromatic nitrogens is 2. The van der Waals surface area contributed by atoms with E-state index in [0.29, 0.717) is 0 Å². The summed E-state index contributed by atoms with van der Waals surface area (Å²) in [5.41, 5.74) is 8.57. The first-order valence-corrected chi connectivity index (χ1v) is 9.38. The second kappa shape index (κ2) is 7.61. The Labute approximate surface area is 166 Å². The SMILES string of the molecule is C=Cc1ccc(-c2nc(-c3ccc(C)cc3)cc(-c3ccc(C)cc3)n2)cc1. The van der Waals surface area contributed by atoms with Gasteiger partial charge in [0.25, 0.3) is 0 Å². The van der Waals surface area contributed by atoms with Crippen molar-refractivity contribution in [2.45, 2.75) is 13.8 Å². The summed E-state index contributed by atoms with van der Waals surface area (Å²) in [5, 5.41) is 0. The lowest BCUT2D eigenvalue weighted by Crippen LogP contribution is -1.96. The van der Waals surface area contributed by atoms with Gasteiger partial charge >= 0.3 is 0 Å². The second-order valence-electron chi connectivity index (χ2n) is 7.02. The van der Waals surface area contributed by atoms with Crippen LogP contribution in [0.25, 0.3) is 40.0 Å². The van der Waals surface area contributed by atoms with Crippen molar-refractivity contribution in [2.24, 2.45) is 0 Å². The molecule has 0 unspecified atom stereocenters. The molecule has 2 heteroatoms. The van der Waals surface area contributed by atoms with Crippen LogP contribution in [0.15, 0.2) is 85.4 Å². The molecular weight excluding hydrogens is 340 g/mol. The topological polar surface area (TPSA) is 25.8 Å². The normalized spacial score (nSPS) is 10.6. The van der Waals surface area contributed by atoms with Crippen molar-refractivity contribution >= 4 is 6.08 Å². The first kappa shape index (κ1) is 17.9. The van der Waals surface area contributed by atoms with E-state index in [-0.39, 0.29) is 0 Å². The average molecular weight is 362 g/mol. The van der Waals surface area contributed by atoms with E-state index in [1.54, 1.807) is 0 Å². The van der Waals surface area contributed by atoms with Gasteiger partial charge in [0.05, 0.1) is 11.4 Å². The maximum Gasteiger partial charge on any atom is 0.160 e. The molecule has 0 aliphatic carbocycles. The Hall–Kier alpha value is -3.52. The number of hydrogen-bond donors (Lipinski definition) is 0. The summed E-state index contributed by atoms with van der Waals surface area (Å²) in [5.74, 6) is 0.726. The van der Waals surface area contributed by atoms with Crippen molar-refractivity contribution < 1.29 is 0 Å². The van der Waals surface area contributed by atoms with E-state index in [1.165, 1.54) is 11.1 Å². The minimum absolute atomic E-state index is 0.726. The maximum atomic E-state index is 4.87. The van der Waals surface area contributed by atoms with Gasteiger partial charge in [-0.1, -0.05) is 96.6 Å². The molecule has 0 aliphatic rings. The van der Waals surface area contributed by atoms with E-state index in [0.717, 1.165) is 39.5 Å². The van der Waals surface area contributed by atoms with Gasteiger partial charge < -0.3 is 0 Å². The second-order valence-corrected chi connectivity index (χ2v) is 7.02. The predicted molar refractivity (Wildman–Crippen MR) is 118 cm³/mol. The molecule has 3 aromatic carbocycles. The minimum Gasteiger partial charge on any atom is -0.228 e. The zero-order chi connectivity index (χ0) is 19.5. The Balaban J connectivity index is 1.87. The van der Waals surface area contributed by atoms with Gasteiger partial charge in [-0.15, -0.1) is 0 Å². The fourth-order valence-corrected chi connectivity index (χ4v) is 3.09. The fourth-order valence-electron chi connectivity index (χ4n) is 3.09. The summed E-state index contributed by atoms with van der Waals surface area (Å²) in [6, 6.07) is 27.1. The van der Waals surface area contributed by atoms with E-state index in [1.807, 2.05) is 30.3 Å². The highest BCUT2D eigenvalue weighted by atomic mass is 14.9. The largest absolute Gasteiger partial charge is 0.228 e. The summed E-state index contributed by atoms with van der Waals surface area (Å²) < 4.78 is 0. The Bertz CT molecular complexity index is 1040. The highest BCUT2D eigenvalue weighted by Crippen LogP contribution is 2.28. The van der Waals surface area contributed by atoms with Gasteiger partial charge in [-0.3, -0.25) is 0 Å². The molecule has 0 radical (unpaired) electrons. The summed E-state index contributed by atoms with van der Waals surface area (Å²) in [6.45, 7) is 8.01. The van der Waals surface area contributed by atoms with Crippen LogP contribution in [0, 0.1) is 13.8 Å². The Morgan fingerprint density at radius 2 is 1.04 bits per heavy atom. The third kappa shape index (κ3) is 3.77. The van der Waals surface area contributed by atoms with Crippen LogP contribution in [0.2, 0.25) is 0 Å². The van der Waals surface area contributed by atoms with Crippen LogP contribution >= 0.6 is 0 Å². The van der Waals surface area contributed by atoms with E-state index >= 15 is 0 Å². The molecule has 0 aliphatic heterocycles. The number of aryl methyl sites for hydroxylation is 2. The van der Waals surface area contributed by atoms with Crippen LogP contribution in [0.4, 0.5) is 0 Å². The lowest BCUT2D eigenvalue weighted by molar-refractivity contribution is 1.18. The smallest absolute Gasteiger partial charge is 0.160 e. The molecule has 0 saturated heterocycles. The summed E-state index contributed by atoms with van der Waals surface area (Å²) in [7, 11) is 0. The molecule has 0 spiro atoms. The van der Waals surface area contributed by atoms with Crippen molar-refractivity contribution in [1.29, 1.82) is 0 Å². The van der Waals surface area contributed by atoms with Crippen molar-refractivity contribution in [2.75, 3.05) is 0 Å². The lowest BCUT2D eigenvalue weighted by Gasteiger charge is -2.10. The van der Waals surface area contributed by atoms with Gasteiger partial charge in [0.1, 0.15) is 0 Å². The highest BCUT2D eigenvalue weighted by Gasteiger charge is 2.10. The molecule has 0 bridgehead atoms. The Kier molecular flexibility index (Phi) is 4.86. The van der Waals surface area contributed by atoms with Crippen LogP contribution in [-0.4, -0.2) is 9.97 Å². The standard InChI is InChI=1S/C26H22N2/c1-4-20-9-15-23(16-10-20)26-27-24(21-11-5-18(2)6-12-21)17-25(28-26)22-13-7-19(3)8-14-22/h4-17H,1H2,2-3H3. The van der Waals surface area contributed by atoms with Gasteiger partial charge in [-0.2, -0.15) is 0 Å². The molecule has 136 valence electrons.